The first kappa shape index (κ1) is 18.0. The molecule has 26 heavy (non-hydrogen) atoms. The zero-order valence-electron chi connectivity index (χ0n) is 15.4. The highest BCUT2D eigenvalue weighted by atomic mass is 16.2. The minimum Gasteiger partial charge on any atom is -0.384 e. The lowest BCUT2D eigenvalue weighted by Crippen LogP contribution is -2.44. The van der Waals surface area contributed by atoms with Gasteiger partial charge in [-0.05, 0) is 31.4 Å². The lowest BCUT2D eigenvalue weighted by Gasteiger charge is -2.24. The van der Waals surface area contributed by atoms with E-state index in [9.17, 15) is 14.4 Å². The number of ketones is 1. The highest BCUT2D eigenvalue weighted by Crippen LogP contribution is 2.31. The number of benzene rings is 1. The average Bonchev–Trinajstić information content (AvgIpc) is 2.93. The molecule has 1 atom stereocenters. The van der Waals surface area contributed by atoms with E-state index in [0.29, 0.717) is 13.0 Å². The lowest BCUT2D eigenvalue weighted by molar-refractivity contribution is 0.0995. The van der Waals surface area contributed by atoms with Crippen LogP contribution in [0.2, 0.25) is 0 Å². The Morgan fingerprint density at radius 3 is 2.65 bits per heavy atom. The first-order valence-corrected chi connectivity index (χ1v) is 8.83. The van der Waals surface area contributed by atoms with Gasteiger partial charge in [-0.25, -0.2) is 4.79 Å². The normalized spacial score (nSPS) is 16.0. The van der Waals surface area contributed by atoms with Gasteiger partial charge in [-0.3, -0.25) is 18.7 Å². The fourth-order valence-electron chi connectivity index (χ4n) is 3.59. The summed E-state index contributed by atoms with van der Waals surface area (Å²) in [5, 5.41) is 0. The number of aromatic nitrogens is 2. The summed E-state index contributed by atoms with van der Waals surface area (Å²) < 4.78 is 2.26. The maximum absolute atomic E-state index is 13.0. The van der Waals surface area contributed by atoms with E-state index in [1.807, 2.05) is 43.0 Å². The van der Waals surface area contributed by atoms with Gasteiger partial charge in [0.15, 0.2) is 5.78 Å². The van der Waals surface area contributed by atoms with Gasteiger partial charge in [0.1, 0.15) is 11.4 Å². The third-order valence-electron chi connectivity index (χ3n) is 4.97. The number of rotatable bonds is 5. The number of hydrogen-bond donors (Lipinski definition) is 1. The van der Waals surface area contributed by atoms with Crippen LogP contribution in [0, 0.1) is 0 Å². The van der Waals surface area contributed by atoms with E-state index >= 15 is 0 Å². The summed E-state index contributed by atoms with van der Waals surface area (Å²) in [4.78, 5) is 39.8. The summed E-state index contributed by atoms with van der Waals surface area (Å²) in [6, 6.07) is 8.09. The maximum atomic E-state index is 13.0. The third-order valence-corrected chi connectivity index (χ3v) is 4.97. The Labute approximate surface area is 151 Å². The topological polar surface area (TPSA) is 90.3 Å². The number of hydrogen-bond acceptors (Lipinski definition) is 5. The van der Waals surface area contributed by atoms with Crippen LogP contribution >= 0.6 is 0 Å². The second-order valence-electron chi connectivity index (χ2n) is 6.79. The highest BCUT2D eigenvalue weighted by Gasteiger charge is 2.29. The van der Waals surface area contributed by atoms with Crippen LogP contribution < -0.4 is 21.9 Å². The molecular formula is C19H24N4O3. The number of nitrogen functional groups attached to an aromatic ring is 1. The largest absolute Gasteiger partial charge is 0.384 e. The predicted molar refractivity (Wildman–Crippen MR) is 102 cm³/mol. The summed E-state index contributed by atoms with van der Waals surface area (Å²) >= 11 is 0. The van der Waals surface area contributed by atoms with E-state index in [1.165, 1.54) is 17.2 Å². The molecular weight excluding hydrogens is 332 g/mol. The van der Waals surface area contributed by atoms with Crippen LogP contribution in [-0.2, 0) is 20.0 Å². The Kier molecular flexibility index (Phi) is 4.71. The van der Waals surface area contributed by atoms with Gasteiger partial charge in [-0.1, -0.05) is 25.1 Å². The van der Waals surface area contributed by atoms with Crippen molar-refractivity contribution in [2.75, 3.05) is 17.2 Å². The lowest BCUT2D eigenvalue weighted by atomic mass is 10.1. The summed E-state index contributed by atoms with van der Waals surface area (Å²) in [6.07, 6.45) is 1.53. The molecule has 3 rings (SSSR count). The molecule has 0 aliphatic carbocycles. The van der Waals surface area contributed by atoms with Crippen molar-refractivity contribution in [2.24, 2.45) is 7.05 Å². The van der Waals surface area contributed by atoms with Gasteiger partial charge in [0, 0.05) is 25.3 Å². The monoisotopic (exact) mass is 356 g/mol. The molecule has 0 bridgehead atoms. The number of Topliss-reactive ketones (excluding diaryl/α,β-unsaturated/α-hetero) is 1. The van der Waals surface area contributed by atoms with Crippen molar-refractivity contribution in [3.05, 3.63) is 56.2 Å². The number of anilines is 2. The van der Waals surface area contributed by atoms with Crippen molar-refractivity contribution in [1.29, 1.82) is 0 Å². The number of carbonyl (C=O) groups excluding carboxylic acids is 1. The van der Waals surface area contributed by atoms with E-state index in [1.54, 1.807) is 0 Å². The van der Waals surface area contributed by atoms with Crippen LogP contribution in [0.4, 0.5) is 11.5 Å². The van der Waals surface area contributed by atoms with Gasteiger partial charge >= 0.3 is 5.69 Å². The zero-order chi connectivity index (χ0) is 19.0. The quantitative estimate of drug-likeness (QED) is 0.812. The number of nitrogens with zero attached hydrogens (tertiary/aromatic N) is 3. The molecule has 0 unspecified atom stereocenters. The van der Waals surface area contributed by atoms with E-state index in [2.05, 4.69) is 0 Å². The van der Waals surface area contributed by atoms with Gasteiger partial charge in [-0.2, -0.15) is 0 Å². The summed E-state index contributed by atoms with van der Waals surface area (Å²) in [5.74, 6) is -0.401. The summed E-state index contributed by atoms with van der Waals surface area (Å²) in [6.45, 7) is 4.37. The predicted octanol–water partition coefficient (Wildman–Crippen LogP) is 1.17. The molecule has 7 heteroatoms. The maximum Gasteiger partial charge on any atom is 0.332 e. The molecule has 1 aliphatic rings. The highest BCUT2D eigenvalue weighted by molar-refractivity contribution is 6.02. The van der Waals surface area contributed by atoms with Crippen LogP contribution in [0.3, 0.4) is 0 Å². The Balaban J connectivity index is 2.01. The van der Waals surface area contributed by atoms with Gasteiger partial charge in [0.05, 0.1) is 6.54 Å². The Hall–Kier alpha value is -2.83. The van der Waals surface area contributed by atoms with Crippen LogP contribution in [0.15, 0.2) is 33.9 Å². The Morgan fingerprint density at radius 1 is 1.27 bits per heavy atom. The first-order valence-electron chi connectivity index (χ1n) is 8.83. The van der Waals surface area contributed by atoms with E-state index in [-0.39, 0.29) is 29.8 Å². The van der Waals surface area contributed by atoms with Crippen molar-refractivity contribution in [2.45, 2.75) is 39.3 Å². The molecule has 2 heterocycles. The van der Waals surface area contributed by atoms with Gasteiger partial charge in [0.25, 0.3) is 5.56 Å². The molecule has 2 N–H and O–H groups in total. The summed E-state index contributed by atoms with van der Waals surface area (Å²) in [5.41, 5.74) is 7.02. The molecule has 1 aromatic carbocycles. The second-order valence-corrected chi connectivity index (χ2v) is 6.79. The third kappa shape index (κ3) is 2.83. The van der Waals surface area contributed by atoms with E-state index in [0.717, 1.165) is 16.7 Å². The SMILES string of the molecule is CCCn1c(N)c(C(=O)CN2c3ccccc3C[C@@H]2C)c(=O)n(C)c1=O. The number of fused-ring (bicyclic) bond motifs is 1. The Morgan fingerprint density at radius 2 is 1.96 bits per heavy atom. The molecule has 0 radical (unpaired) electrons. The molecule has 7 nitrogen and oxygen atoms in total. The first-order chi connectivity index (χ1) is 12.4. The van der Waals surface area contributed by atoms with Crippen LogP contribution in [0.5, 0.6) is 0 Å². The minimum absolute atomic E-state index is 0.0370. The van der Waals surface area contributed by atoms with Crippen LogP contribution in [-0.4, -0.2) is 27.5 Å². The fourth-order valence-corrected chi connectivity index (χ4v) is 3.59. The van der Waals surface area contributed by atoms with Crippen LogP contribution in [0.25, 0.3) is 0 Å². The van der Waals surface area contributed by atoms with Crippen molar-refractivity contribution >= 4 is 17.3 Å². The standard InChI is InChI=1S/C19H24N4O3/c1-4-9-22-17(20)16(18(25)21(3)19(22)26)15(24)11-23-12(2)10-13-7-5-6-8-14(13)23/h5-8,12H,4,9-11,20H2,1-3H3/t12-/m0/s1. The molecule has 1 aromatic heterocycles. The summed E-state index contributed by atoms with van der Waals surface area (Å²) in [7, 11) is 1.38. The van der Waals surface area contributed by atoms with Crippen molar-refractivity contribution in [1.82, 2.24) is 9.13 Å². The van der Waals surface area contributed by atoms with E-state index in [4.69, 9.17) is 5.73 Å². The molecule has 0 saturated heterocycles. The molecule has 0 spiro atoms. The van der Waals surface area contributed by atoms with Gasteiger partial charge in [-0.15, -0.1) is 0 Å². The van der Waals surface area contributed by atoms with Crippen molar-refractivity contribution in [3.8, 4) is 0 Å². The van der Waals surface area contributed by atoms with Crippen molar-refractivity contribution < 1.29 is 4.79 Å². The van der Waals surface area contributed by atoms with Crippen molar-refractivity contribution in [3.63, 3.8) is 0 Å². The van der Waals surface area contributed by atoms with Gasteiger partial charge < -0.3 is 10.6 Å². The van der Waals surface area contributed by atoms with Crippen LogP contribution in [0.1, 0.15) is 36.2 Å². The molecule has 2 aromatic rings. The van der Waals surface area contributed by atoms with Gasteiger partial charge in [0.2, 0.25) is 0 Å². The number of para-hydroxylation sites is 1. The fraction of sp³-hybridized carbons (Fsp3) is 0.421. The zero-order valence-corrected chi connectivity index (χ0v) is 15.4. The molecule has 138 valence electrons. The molecule has 0 amide bonds. The second kappa shape index (κ2) is 6.82. The average molecular weight is 356 g/mol. The Bertz CT molecular complexity index is 974. The molecule has 1 aliphatic heterocycles. The van der Waals surface area contributed by atoms with E-state index < -0.39 is 11.2 Å². The minimum atomic E-state index is -0.634. The smallest absolute Gasteiger partial charge is 0.332 e. The molecule has 0 fully saturated rings. The number of nitrogens with two attached hydrogens (primary N) is 1. The molecule has 0 saturated carbocycles. The number of carbonyl (C=O) groups is 1.